The third-order valence-corrected chi connectivity index (χ3v) is 6.38. The van der Waals surface area contributed by atoms with E-state index in [1.165, 1.54) is 5.56 Å². The molecule has 0 unspecified atom stereocenters. The molecule has 0 spiro atoms. The lowest BCUT2D eigenvalue weighted by molar-refractivity contribution is 0.0772. The van der Waals surface area contributed by atoms with Gasteiger partial charge in [0.2, 0.25) is 0 Å². The highest BCUT2D eigenvalue weighted by molar-refractivity contribution is 9.10. The van der Waals surface area contributed by atoms with Gasteiger partial charge in [-0.1, -0.05) is 58.4 Å². The SMILES string of the molecule is CCN(CC)C(=O)c1ccc2nc(-c3ccc(Br)cc3)c(CN(C)Cc3ccccc3)n2c1. The lowest BCUT2D eigenvalue weighted by atomic mass is 10.1. The number of carbonyl (C=O) groups is 1. The van der Waals surface area contributed by atoms with E-state index < -0.39 is 0 Å². The van der Waals surface area contributed by atoms with Crippen LogP contribution in [0.25, 0.3) is 16.9 Å². The minimum Gasteiger partial charge on any atom is -0.339 e. The molecular weight excluding hydrogens is 476 g/mol. The Hall–Kier alpha value is -2.96. The zero-order valence-corrected chi connectivity index (χ0v) is 20.9. The number of halogens is 1. The maximum atomic E-state index is 13.0. The first-order chi connectivity index (χ1) is 16.0. The summed E-state index contributed by atoms with van der Waals surface area (Å²) < 4.78 is 3.11. The largest absolute Gasteiger partial charge is 0.339 e. The molecule has 0 saturated carbocycles. The summed E-state index contributed by atoms with van der Waals surface area (Å²) in [6.07, 6.45) is 1.94. The van der Waals surface area contributed by atoms with Crippen LogP contribution >= 0.6 is 15.9 Å². The molecule has 0 aliphatic heterocycles. The number of aromatic nitrogens is 2. The molecule has 0 aliphatic rings. The van der Waals surface area contributed by atoms with Crippen LogP contribution in [0.1, 0.15) is 35.5 Å². The Labute approximate surface area is 203 Å². The lowest BCUT2D eigenvalue weighted by Gasteiger charge is -2.20. The van der Waals surface area contributed by atoms with Gasteiger partial charge in [0.25, 0.3) is 5.91 Å². The van der Waals surface area contributed by atoms with E-state index in [0.717, 1.165) is 33.6 Å². The second kappa shape index (κ2) is 10.3. The van der Waals surface area contributed by atoms with Gasteiger partial charge in [0.15, 0.2) is 0 Å². The molecule has 2 aromatic heterocycles. The zero-order chi connectivity index (χ0) is 23.4. The predicted octanol–water partition coefficient (Wildman–Crippen LogP) is 5.88. The predicted molar refractivity (Wildman–Crippen MR) is 137 cm³/mol. The Morgan fingerprint density at radius 3 is 2.30 bits per heavy atom. The minimum absolute atomic E-state index is 0.0457. The Morgan fingerprint density at radius 2 is 1.64 bits per heavy atom. The number of pyridine rings is 1. The van der Waals surface area contributed by atoms with Crippen LogP contribution < -0.4 is 0 Å². The van der Waals surface area contributed by atoms with E-state index in [0.29, 0.717) is 25.2 Å². The first-order valence-electron chi connectivity index (χ1n) is 11.3. The average molecular weight is 505 g/mol. The molecule has 0 aliphatic carbocycles. The molecular formula is C27H29BrN4O. The summed E-state index contributed by atoms with van der Waals surface area (Å²) in [5, 5.41) is 0. The molecule has 2 heterocycles. The third kappa shape index (κ3) is 5.18. The molecule has 0 bridgehead atoms. The van der Waals surface area contributed by atoms with Crippen LogP contribution in [0.3, 0.4) is 0 Å². The highest BCUT2D eigenvalue weighted by atomic mass is 79.9. The van der Waals surface area contributed by atoms with Gasteiger partial charge in [-0.05, 0) is 50.7 Å². The van der Waals surface area contributed by atoms with Gasteiger partial charge < -0.3 is 9.30 Å². The van der Waals surface area contributed by atoms with Crippen molar-refractivity contribution in [2.45, 2.75) is 26.9 Å². The number of carbonyl (C=O) groups excluding carboxylic acids is 1. The zero-order valence-electron chi connectivity index (χ0n) is 19.3. The smallest absolute Gasteiger partial charge is 0.255 e. The molecule has 0 radical (unpaired) electrons. The van der Waals surface area contributed by atoms with Gasteiger partial charge in [-0.2, -0.15) is 0 Å². The monoisotopic (exact) mass is 504 g/mol. The fourth-order valence-electron chi connectivity index (χ4n) is 4.11. The number of nitrogens with zero attached hydrogens (tertiary/aromatic N) is 4. The van der Waals surface area contributed by atoms with E-state index in [4.69, 9.17) is 4.98 Å². The van der Waals surface area contributed by atoms with Gasteiger partial charge in [0, 0.05) is 42.4 Å². The first-order valence-corrected chi connectivity index (χ1v) is 12.1. The summed E-state index contributed by atoms with van der Waals surface area (Å²) >= 11 is 3.53. The number of rotatable bonds is 8. The van der Waals surface area contributed by atoms with Crippen molar-refractivity contribution in [1.82, 2.24) is 19.2 Å². The maximum absolute atomic E-state index is 13.0. The number of fused-ring (bicyclic) bond motifs is 1. The fourth-order valence-corrected chi connectivity index (χ4v) is 4.37. The number of benzene rings is 2. The fraction of sp³-hybridized carbons (Fsp3) is 0.259. The van der Waals surface area contributed by atoms with Gasteiger partial charge >= 0.3 is 0 Å². The van der Waals surface area contributed by atoms with Crippen molar-refractivity contribution in [3.63, 3.8) is 0 Å². The Kier molecular flexibility index (Phi) is 7.26. The Bertz CT molecular complexity index is 1230. The van der Waals surface area contributed by atoms with Crippen LogP contribution in [0, 0.1) is 0 Å². The van der Waals surface area contributed by atoms with Crippen LogP contribution in [-0.4, -0.2) is 45.2 Å². The van der Waals surface area contributed by atoms with E-state index in [2.05, 4.69) is 68.7 Å². The summed E-state index contributed by atoms with van der Waals surface area (Å²) in [6, 6.07) is 22.5. The topological polar surface area (TPSA) is 40.9 Å². The highest BCUT2D eigenvalue weighted by Gasteiger charge is 2.19. The summed E-state index contributed by atoms with van der Waals surface area (Å²) in [7, 11) is 2.11. The molecule has 4 aromatic rings. The molecule has 0 atom stereocenters. The molecule has 0 N–H and O–H groups in total. The van der Waals surface area contributed by atoms with Crippen LogP contribution in [0.5, 0.6) is 0 Å². The summed E-state index contributed by atoms with van der Waals surface area (Å²) in [6.45, 7) is 6.91. The van der Waals surface area contributed by atoms with Crippen molar-refractivity contribution in [1.29, 1.82) is 0 Å². The number of hydrogen-bond donors (Lipinski definition) is 0. The van der Waals surface area contributed by atoms with Crippen molar-refractivity contribution in [2.75, 3.05) is 20.1 Å². The lowest BCUT2D eigenvalue weighted by Crippen LogP contribution is -2.30. The molecule has 2 aromatic carbocycles. The summed E-state index contributed by atoms with van der Waals surface area (Å²) in [5.41, 5.74) is 5.85. The van der Waals surface area contributed by atoms with E-state index in [-0.39, 0.29) is 5.91 Å². The molecule has 1 amide bonds. The summed E-state index contributed by atoms with van der Waals surface area (Å²) in [4.78, 5) is 22.1. The van der Waals surface area contributed by atoms with Crippen molar-refractivity contribution >= 4 is 27.5 Å². The van der Waals surface area contributed by atoms with Crippen molar-refractivity contribution in [3.05, 3.63) is 94.2 Å². The van der Waals surface area contributed by atoms with Crippen LogP contribution in [0.4, 0.5) is 0 Å². The van der Waals surface area contributed by atoms with Crippen molar-refractivity contribution < 1.29 is 4.79 Å². The minimum atomic E-state index is 0.0457. The number of imidazole rings is 1. The van der Waals surface area contributed by atoms with Crippen molar-refractivity contribution in [2.24, 2.45) is 0 Å². The van der Waals surface area contributed by atoms with Gasteiger partial charge in [0.05, 0.1) is 17.0 Å². The van der Waals surface area contributed by atoms with Gasteiger partial charge in [-0.3, -0.25) is 9.69 Å². The number of hydrogen-bond acceptors (Lipinski definition) is 3. The molecule has 33 heavy (non-hydrogen) atoms. The van der Waals surface area contributed by atoms with Gasteiger partial charge in [-0.15, -0.1) is 0 Å². The number of amides is 1. The summed E-state index contributed by atoms with van der Waals surface area (Å²) in [5.74, 6) is 0.0457. The molecule has 5 nitrogen and oxygen atoms in total. The van der Waals surface area contributed by atoms with E-state index in [1.807, 2.05) is 55.3 Å². The average Bonchev–Trinajstić information content (AvgIpc) is 3.18. The van der Waals surface area contributed by atoms with Gasteiger partial charge in [0.1, 0.15) is 5.65 Å². The molecule has 6 heteroatoms. The highest BCUT2D eigenvalue weighted by Crippen LogP contribution is 2.28. The Morgan fingerprint density at radius 1 is 0.939 bits per heavy atom. The van der Waals surface area contributed by atoms with Crippen LogP contribution in [0.15, 0.2) is 77.4 Å². The Balaban J connectivity index is 1.77. The molecule has 0 saturated heterocycles. The second-order valence-corrected chi connectivity index (χ2v) is 9.11. The third-order valence-electron chi connectivity index (χ3n) is 5.85. The van der Waals surface area contributed by atoms with E-state index >= 15 is 0 Å². The van der Waals surface area contributed by atoms with Gasteiger partial charge in [-0.25, -0.2) is 4.98 Å². The molecule has 4 rings (SSSR count). The molecule has 170 valence electrons. The quantitative estimate of drug-likeness (QED) is 0.301. The maximum Gasteiger partial charge on any atom is 0.255 e. The first kappa shape index (κ1) is 23.2. The second-order valence-electron chi connectivity index (χ2n) is 8.20. The van der Waals surface area contributed by atoms with Crippen molar-refractivity contribution in [3.8, 4) is 11.3 Å². The normalized spacial score (nSPS) is 11.3. The van der Waals surface area contributed by atoms with E-state index in [1.54, 1.807) is 0 Å². The van der Waals surface area contributed by atoms with Crippen LogP contribution in [0.2, 0.25) is 0 Å². The van der Waals surface area contributed by atoms with E-state index in [9.17, 15) is 4.79 Å². The van der Waals surface area contributed by atoms with Crippen LogP contribution in [-0.2, 0) is 13.1 Å². The molecule has 0 fully saturated rings. The standard InChI is InChI=1S/C27H29BrN4O/c1-4-31(5-2)27(33)22-13-16-25-29-26(21-11-14-23(28)15-12-21)24(32(25)18-22)19-30(3)17-20-9-7-6-8-10-20/h6-16,18H,4-5,17,19H2,1-3H3.